The van der Waals surface area contributed by atoms with Crippen LogP contribution in [0.25, 0.3) is 0 Å². The summed E-state index contributed by atoms with van der Waals surface area (Å²) >= 11 is 6.27. The van der Waals surface area contributed by atoms with E-state index in [1.165, 1.54) is 18.2 Å². The van der Waals surface area contributed by atoms with Gasteiger partial charge in [0.1, 0.15) is 16.8 Å². The summed E-state index contributed by atoms with van der Waals surface area (Å²) in [6, 6.07) is 6.35. The van der Waals surface area contributed by atoms with E-state index < -0.39 is 5.82 Å². The number of benzene rings is 1. The van der Waals surface area contributed by atoms with Gasteiger partial charge in [0.25, 0.3) is 0 Å². The highest BCUT2D eigenvalue weighted by Gasteiger charge is 2.34. The zero-order chi connectivity index (χ0) is 22.0. The van der Waals surface area contributed by atoms with Crippen molar-refractivity contribution in [1.82, 2.24) is 14.9 Å². The Bertz CT molecular complexity index is 1050. The molecule has 3 heterocycles. The van der Waals surface area contributed by atoms with Crippen LogP contribution < -0.4 is 10.6 Å². The van der Waals surface area contributed by atoms with Gasteiger partial charge in [-0.05, 0) is 31.0 Å². The number of nitriles is 1. The molecule has 1 aromatic heterocycles. The average Bonchev–Trinajstić information content (AvgIpc) is 2.75. The molecule has 160 valence electrons. The van der Waals surface area contributed by atoms with E-state index in [1.807, 2.05) is 4.90 Å². The minimum Gasteiger partial charge on any atom is -0.398 e. The maximum atomic E-state index is 13.5. The van der Waals surface area contributed by atoms with Crippen molar-refractivity contribution in [3.8, 4) is 6.07 Å². The Morgan fingerprint density at radius 2 is 1.97 bits per heavy atom. The van der Waals surface area contributed by atoms with Crippen LogP contribution in [0.4, 0.5) is 15.9 Å². The van der Waals surface area contributed by atoms with Gasteiger partial charge in [0, 0.05) is 61.7 Å². The zero-order valence-corrected chi connectivity index (χ0v) is 17.8. The first-order valence-corrected chi connectivity index (χ1v) is 10.5. The Morgan fingerprint density at radius 3 is 2.68 bits per heavy atom. The maximum Gasteiger partial charge on any atom is 0.150 e. The van der Waals surface area contributed by atoms with Crippen molar-refractivity contribution in [3.63, 3.8) is 0 Å². The number of nitrogen functional groups attached to an aromatic ring is 1. The zero-order valence-electron chi connectivity index (χ0n) is 17.0. The lowest BCUT2D eigenvalue weighted by atomic mass is 9.94. The molecule has 0 unspecified atom stereocenters. The molecule has 31 heavy (non-hydrogen) atoms. The molecule has 9 heteroatoms. The molecule has 2 aliphatic rings. The SMILES string of the molecule is C=C(/N=C(/Cl)c1cc(F)ccc1N)N1CC(c2nccnc2N2CCC(C#N)CC2)C1. The van der Waals surface area contributed by atoms with Crippen molar-refractivity contribution >= 4 is 28.3 Å². The number of nitrogens with two attached hydrogens (primary N) is 1. The van der Waals surface area contributed by atoms with Crippen molar-refractivity contribution in [2.45, 2.75) is 18.8 Å². The second kappa shape index (κ2) is 8.90. The van der Waals surface area contributed by atoms with Gasteiger partial charge in [-0.1, -0.05) is 18.2 Å². The summed E-state index contributed by atoms with van der Waals surface area (Å²) in [7, 11) is 0. The molecule has 2 N–H and O–H groups in total. The van der Waals surface area contributed by atoms with E-state index in [2.05, 4.69) is 32.5 Å². The molecular formula is C22H23ClFN7. The Kier molecular flexibility index (Phi) is 6.05. The fourth-order valence-electron chi connectivity index (χ4n) is 3.91. The van der Waals surface area contributed by atoms with E-state index in [9.17, 15) is 4.39 Å². The van der Waals surface area contributed by atoms with Crippen molar-refractivity contribution in [1.29, 1.82) is 5.26 Å². The van der Waals surface area contributed by atoms with Crippen LogP contribution in [-0.4, -0.2) is 46.2 Å². The van der Waals surface area contributed by atoms with E-state index in [0.29, 0.717) is 30.2 Å². The second-order valence-corrected chi connectivity index (χ2v) is 8.17. The molecule has 2 aromatic rings. The molecule has 0 amide bonds. The number of anilines is 2. The minimum absolute atomic E-state index is 0.103. The third kappa shape index (κ3) is 4.47. The van der Waals surface area contributed by atoms with Gasteiger partial charge in [-0.15, -0.1) is 0 Å². The number of aromatic nitrogens is 2. The first-order chi connectivity index (χ1) is 15.0. The van der Waals surface area contributed by atoms with Gasteiger partial charge in [0.15, 0.2) is 5.82 Å². The molecule has 7 nitrogen and oxygen atoms in total. The molecule has 0 bridgehead atoms. The summed E-state index contributed by atoms with van der Waals surface area (Å²) in [6.45, 7) is 6.98. The third-order valence-corrected chi connectivity index (χ3v) is 6.07. The predicted molar refractivity (Wildman–Crippen MR) is 119 cm³/mol. The molecule has 4 rings (SSSR count). The summed E-state index contributed by atoms with van der Waals surface area (Å²) in [4.78, 5) is 17.7. The highest BCUT2D eigenvalue weighted by Crippen LogP contribution is 2.34. The third-order valence-electron chi connectivity index (χ3n) is 5.78. The standard InChI is InChI=1S/C22H23ClFN7/c1-14(29-21(23)18-10-17(24)2-3-19(18)26)31-12-16(13-31)20-22(28-7-6-27-20)30-8-4-15(11-25)5-9-30/h2-3,6-7,10,15-16H,1,4-5,8-9,12-13,26H2/b29-21+. The first-order valence-electron chi connectivity index (χ1n) is 10.1. The first kappa shape index (κ1) is 21.1. The quantitative estimate of drug-likeness (QED) is 0.566. The van der Waals surface area contributed by atoms with Crippen LogP contribution in [0.3, 0.4) is 0 Å². The Labute approximate surface area is 185 Å². The number of hydrogen-bond acceptors (Lipinski definition) is 7. The van der Waals surface area contributed by atoms with Gasteiger partial charge in [0.05, 0.1) is 11.8 Å². The van der Waals surface area contributed by atoms with Crippen molar-refractivity contribution in [3.05, 3.63) is 60.1 Å². The maximum absolute atomic E-state index is 13.5. The summed E-state index contributed by atoms with van der Waals surface area (Å²) in [5, 5.41) is 9.23. The van der Waals surface area contributed by atoms with Crippen LogP contribution in [0, 0.1) is 23.1 Å². The molecule has 0 spiro atoms. The van der Waals surface area contributed by atoms with Crippen molar-refractivity contribution < 1.29 is 4.39 Å². The average molecular weight is 440 g/mol. The number of piperidine rings is 1. The van der Waals surface area contributed by atoms with Crippen LogP contribution in [0.2, 0.25) is 0 Å². The lowest BCUT2D eigenvalue weighted by molar-refractivity contribution is 0.195. The monoisotopic (exact) mass is 439 g/mol. The summed E-state index contributed by atoms with van der Waals surface area (Å²) < 4.78 is 13.5. The van der Waals surface area contributed by atoms with Gasteiger partial charge >= 0.3 is 0 Å². The molecule has 2 aliphatic heterocycles. The number of rotatable bonds is 5. The Balaban J connectivity index is 1.42. The normalized spacial score (nSPS) is 17.9. The van der Waals surface area contributed by atoms with Gasteiger partial charge < -0.3 is 15.5 Å². The lowest BCUT2D eigenvalue weighted by Crippen LogP contribution is -2.45. The van der Waals surface area contributed by atoms with Crippen molar-refractivity contribution in [2.75, 3.05) is 36.8 Å². The van der Waals surface area contributed by atoms with Gasteiger partial charge in [-0.2, -0.15) is 5.26 Å². The molecule has 1 aromatic carbocycles. The fraction of sp³-hybridized carbons (Fsp3) is 0.364. The van der Waals surface area contributed by atoms with Crippen LogP contribution in [0.15, 0.2) is 48.0 Å². The van der Waals surface area contributed by atoms with Gasteiger partial charge in [0.2, 0.25) is 0 Å². The molecule has 0 atom stereocenters. The minimum atomic E-state index is -0.429. The fourth-order valence-corrected chi connectivity index (χ4v) is 4.17. The van der Waals surface area contributed by atoms with Crippen LogP contribution in [0.1, 0.15) is 30.0 Å². The summed E-state index contributed by atoms with van der Waals surface area (Å²) in [6.07, 6.45) is 5.10. The highest BCUT2D eigenvalue weighted by atomic mass is 35.5. The smallest absolute Gasteiger partial charge is 0.150 e. The number of aliphatic imine (C=N–C) groups is 1. The number of likely N-dealkylation sites (tertiary alicyclic amines) is 1. The predicted octanol–water partition coefficient (Wildman–Crippen LogP) is 3.49. The molecule has 2 saturated heterocycles. The Hall–Kier alpha value is -3.18. The van der Waals surface area contributed by atoms with Crippen molar-refractivity contribution in [2.24, 2.45) is 10.9 Å². The van der Waals surface area contributed by atoms with E-state index >= 15 is 0 Å². The van der Waals surface area contributed by atoms with Crippen LogP contribution >= 0.6 is 11.6 Å². The topological polar surface area (TPSA) is 94.4 Å². The Morgan fingerprint density at radius 1 is 1.26 bits per heavy atom. The van der Waals surface area contributed by atoms with Crippen LogP contribution in [-0.2, 0) is 0 Å². The molecule has 0 saturated carbocycles. The molecule has 2 fully saturated rings. The van der Waals surface area contributed by atoms with E-state index in [-0.39, 0.29) is 17.0 Å². The highest BCUT2D eigenvalue weighted by molar-refractivity contribution is 6.70. The van der Waals surface area contributed by atoms with E-state index in [1.54, 1.807) is 12.4 Å². The number of halogens is 2. The molecule has 0 radical (unpaired) electrons. The lowest BCUT2D eigenvalue weighted by Gasteiger charge is -2.41. The number of nitrogens with zero attached hydrogens (tertiary/aromatic N) is 6. The molecular weight excluding hydrogens is 417 g/mol. The van der Waals surface area contributed by atoms with E-state index in [4.69, 9.17) is 22.6 Å². The van der Waals surface area contributed by atoms with Gasteiger partial charge in [-0.25, -0.2) is 14.4 Å². The van der Waals surface area contributed by atoms with Crippen LogP contribution in [0.5, 0.6) is 0 Å². The van der Waals surface area contributed by atoms with E-state index in [0.717, 1.165) is 37.4 Å². The largest absolute Gasteiger partial charge is 0.398 e. The summed E-state index contributed by atoms with van der Waals surface area (Å²) in [5.74, 6) is 1.27. The number of hydrogen-bond donors (Lipinski definition) is 1. The molecule has 0 aliphatic carbocycles. The summed E-state index contributed by atoms with van der Waals surface area (Å²) in [5.41, 5.74) is 7.53. The second-order valence-electron chi connectivity index (χ2n) is 7.81. The van der Waals surface area contributed by atoms with Gasteiger partial charge in [-0.3, -0.25) is 4.98 Å².